The van der Waals surface area contributed by atoms with Crippen LogP contribution in [0, 0.1) is 0 Å². The van der Waals surface area contributed by atoms with Crippen LogP contribution in [-0.4, -0.2) is 25.2 Å². The van der Waals surface area contributed by atoms with Gasteiger partial charge in [0.25, 0.3) is 0 Å². The van der Waals surface area contributed by atoms with Gasteiger partial charge in [-0.25, -0.2) is 0 Å². The van der Waals surface area contributed by atoms with E-state index in [1.165, 1.54) is 5.57 Å². The maximum Gasteiger partial charge on any atom is 0.142 e. The Hall–Kier alpha value is -1.55. The number of methoxy groups -OCH3 is 1. The Labute approximate surface area is 108 Å². The van der Waals surface area contributed by atoms with Crippen LogP contribution in [0.5, 0.6) is 5.75 Å². The van der Waals surface area contributed by atoms with Crippen LogP contribution in [0.25, 0.3) is 0 Å². The van der Waals surface area contributed by atoms with Gasteiger partial charge in [-0.05, 0) is 31.0 Å². The summed E-state index contributed by atoms with van der Waals surface area (Å²) >= 11 is 0. The molecular formula is C14H20N2O2. The lowest BCUT2D eigenvalue weighted by Gasteiger charge is -2.25. The molecule has 1 N–H and O–H groups in total. The highest BCUT2D eigenvalue weighted by Crippen LogP contribution is 2.32. The van der Waals surface area contributed by atoms with Crippen molar-refractivity contribution < 1.29 is 9.47 Å². The molecule has 4 nitrogen and oxygen atoms in total. The molecule has 1 aliphatic heterocycles. The van der Waals surface area contributed by atoms with Crippen molar-refractivity contribution in [1.29, 1.82) is 0 Å². The smallest absolute Gasteiger partial charge is 0.142 e. The molecule has 18 heavy (non-hydrogen) atoms. The molecule has 4 heteroatoms. The molecule has 2 heterocycles. The number of rotatable bonds is 5. The molecule has 0 aliphatic carbocycles. The van der Waals surface area contributed by atoms with Crippen molar-refractivity contribution >= 4 is 0 Å². The number of hydrogen-bond donors (Lipinski definition) is 1. The Kier molecular flexibility index (Phi) is 4.59. The van der Waals surface area contributed by atoms with E-state index in [0.717, 1.165) is 37.3 Å². The van der Waals surface area contributed by atoms with Gasteiger partial charge in [0.1, 0.15) is 5.75 Å². The van der Waals surface area contributed by atoms with E-state index in [1.54, 1.807) is 19.5 Å². The van der Waals surface area contributed by atoms with Crippen molar-refractivity contribution in [3.63, 3.8) is 0 Å². The van der Waals surface area contributed by atoms with E-state index in [-0.39, 0.29) is 6.04 Å². The van der Waals surface area contributed by atoms with E-state index in [2.05, 4.69) is 17.2 Å². The van der Waals surface area contributed by atoms with E-state index in [9.17, 15) is 0 Å². The predicted molar refractivity (Wildman–Crippen MR) is 70.5 cm³/mol. The molecule has 98 valence electrons. The van der Waals surface area contributed by atoms with Crippen LogP contribution in [0.2, 0.25) is 0 Å². The van der Waals surface area contributed by atoms with Gasteiger partial charge in [0.2, 0.25) is 0 Å². The van der Waals surface area contributed by atoms with Gasteiger partial charge in [-0.3, -0.25) is 4.98 Å². The number of likely N-dealkylation sites (N-methyl/N-ethyl adjacent to an activating group) is 1. The van der Waals surface area contributed by atoms with Crippen molar-refractivity contribution in [2.45, 2.75) is 25.8 Å². The lowest BCUT2D eigenvalue weighted by atomic mass is 9.95. The van der Waals surface area contributed by atoms with E-state index >= 15 is 0 Å². The zero-order chi connectivity index (χ0) is 12.8. The molecule has 0 spiro atoms. The Morgan fingerprint density at radius 3 is 3.11 bits per heavy atom. The Bertz CT molecular complexity index is 418. The zero-order valence-electron chi connectivity index (χ0n) is 11.0. The third-order valence-electron chi connectivity index (χ3n) is 3.09. The molecule has 1 atom stereocenters. The van der Waals surface area contributed by atoms with E-state index in [4.69, 9.17) is 9.47 Å². The minimum Gasteiger partial charge on any atom is -0.501 e. The molecule has 1 unspecified atom stereocenters. The van der Waals surface area contributed by atoms with Gasteiger partial charge in [0.05, 0.1) is 32.2 Å². The first-order chi connectivity index (χ1) is 8.86. The topological polar surface area (TPSA) is 43.4 Å². The summed E-state index contributed by atoms with van der Waals surface area (Å²) in [4.78, 5) is 4.10. The van der Waals surface area contributed by atoms with Gasteiger partial charge < -0.3 is 14.8 Å². The molecule has 0 aromatic carbocycles. The lowest BCUT2D eigenvalue weighted by molar-refractivity contribution is 0.219. The highest BCUT2D eigenvalue weighted by molar-refractivity contribution is 5.38. The lowest BCUT2D eigenvalue weighted by Crippen LogP contribution is -2.24. The van der Waals surface area contributed by atoms with Crippen molar-refractivity contribution in [3.8, 4) is 5.75 Å². The second kappa shape index (κ2) is 6.40. The minimum absolute atomic E-state index is 0.147. The van der Waals surface area contributed by atoms with Crippen LogP contribution in [-0.2, 0) is 4.74 Å². The summed E-state index contributed by atoms with van der Waals surface area (Å²) in [6.45, 7) is 3.81. The molecule has 1 aromatic heterocycles. The number of nitrogens with zero attached hydrogens (tertiary/aromatic N) is 1. The Morgan fingerprint density at radius 2 is 2.44 bits per heavy atom. The fourth-order valence-electron chi connectivity index (χ4n) is 2.24. The van der Waals surface area contributed by atoms with Crippen LogP contribution >= 0.6 is 0 Å². The van der Waals surface area contributed by atoms with Gasteiger partial charge in [0.15, 0.2) is 0 Å². The van der Waals surface area contributed by atoms with Crippen LogP contribution < -0.4 is 10.1 Å². The summed E-state index contributed by atoms with van der Waals surface area (Å²) < 4.78 is 10.8. The van der Waals surface area contributed by atoms with Gasteiger partial charge >= 0.3 is 0 Å². The number of hydrogen-bond acceptors (Lipinski definition) is 4. The highest BCUT2D eigenvalue weighted by atomic mass is 16.5. The van der Waals surface area contributed by atoms with Gasteiger partial charge in [-0.2, -0.15) is 0 Å². The van der Waals surface area contributed by atoms with Crippen LogP contribution in [0.4, 0.5) is 0 Å². The maximum absolute atomic E-state index is 5.45. The average molecular weight is 248 g/mol. The fraction of sp³-hybridized carbons (Fsp3) is 0.500. The summed E-state index contributed by atoms with van der Waals surface area (Å²) in [6.07, 6.45) is 7.57. The molecule has 0 fully saturated rings. The maximum atomic E-state index is 5.45. The van der Waals surface area contributed by atoms with Crippen LogP contribution in [0.3, 0.4) is 0 Å². The third kappa shape index (κ3) is 2.82. The van der Waals surface area contributed by atoms with E-state index < -0.39 is 0 Å². The Balaban J connectivity index is 2.31. The first-order valence-corrected chi connectivity index (χ1v) is 6.38. The predicted octanol–water partition coefficient (Wildman–Crippen LogP) is 2.44. The summed E-state index contributed by atoms with van der Waals surface area (Å²) in [6, 6.07) is 2.15. The van der Waals surface area contributed by atoms with Crippen molar-refractivity contribution in [2.24, 2.45) is 0 Å². The number of ether oxygens (including phenoxy) is 2. The molecule has 1 aliphatic rings. The molecular weight excluding hydrogens is 228 g/mol. The van der Waals surface area contributed by atoms with Crippen LogP contribution in [0.15, 0.2) is 30.3 Å². The van der Waals surface area contributed by atoms with Gasteiger partial charge in [0, 0.05) is 11.8 Å². The van der Waals surface area contributed by atoms with E-state index in [1.807, 2.05) is 12.3 Å². The second-order valence-corrected chi connectivity index (χ2v) is 4.28. The van der Waals surface area contributed by atoms with Crippen LogP contribution in [0.1, 0.15) is 31.4 Å². The third-order valence-corrected chi connectivity index (χ3v) is 3.09. The number of nitrogens with one attached hydrogen (secondary N) is 1. The normalized spacial score (nSPS) is 16.7. The number of pyridine rings is 1. The summed E-state index contributed by atoms with van der Waals surface area (Å²) in [7, 11) is 1.68. The van der Waals surface area contributed by atoms with Crippen molar-refractivity contribution in [2.75, 3.05) is 20.3 Å². The minimum atomic E-state index is 0.147. The SMILES string of the molecule is CCNC(C1=COCCC1)c1ccncc1OC. The first-order valence-electron chi connectivity index (χ1n) is 6.38. The standard InChI is InChI=1S/C14H20N2O2/c1-3-16-14(11-5-4-8-18-10-11)12-6-7-15-9-13(12)17-2/h6-7,9-10,14,16H,3-5,8H2,1-2H3. The quantitative estimate of drug-likeness (QED) is 0.869. The summed E-state index contributed by atoms with van der Waals surface area (Å²) in [5.74, 6) is 0.815. The highest BCUT2D eigenvalue weighted by Gasteiger charge is 2.21. The molecule has 0 bridgehead atoms. The van der Waals surface area contributed by atoms with Gasteiger partial charge in [-0.1, -0.05) is 6.92 Å². The molecule has 0 amide bonds. The largest absolute Gasteiger partial charge is 0.501 e. The molecule has 2 rings (SSSR count). The molecule has 0 saturated carbocycles. The van der Waals surface area contributed by atoms with Gasteiger partial charge in [-0.15, -0.1) is 0 Å². The van der Waals surface area contributed by atoms with Crippen molar-refractivity contribution in [1.82, 2.24) is 10.3 Å². The molecule has 1 aromatic rings. The van der Waals surface area contributed by atoms with E-state index in [0.29, 0.717) is 0 Å². The monoisotopic (exact) mass is 248 g/mol. The summed E-state index contributed by atoms with van der Waals surface area (Å²) in [5.41, 5.74) is 2.39. The Morgan fingerprint density at radius 1 is 1.56 bits per heavy atom. The zero-order valence-corrected chi connectivity index (χ0v) is 11.0. The number of aromatic nitrogens is 1. The molecule has 0 saturated heterocycles. The second-order valence-electron chi connectivity index (χ2n) is 4.28. The summed E-state index contributed by atoms with van der Waals surface area (Å²) in [5, 5.41) is 3.49. The molecule has 0 radical (unpaired) electrons. The fourth-order valence-corrected chi connectivity index (χ4v) is 2.24. The van der Waals surface area contributed by atoms with Crippen molar-refractivity contribution in [3.05, 3.63) is 35.9 Å². The average Bonchev–Trinajstić information content (AvgIpc) is 2.46. The first kappa shape index (κ1) is 12.9.